The average Bonchev–Trinajstić information content (AvgIpc) is 3.28. The highest BCUT2D eigenvalue weighted by atomic mass is 16.5. The van der Waals surface area contributed by atoms with Gasteiger partial charge in [-0.1, -0.05) is 54.6 Å². The van der Waals surface area contributed by atoms with Crippen LogP contribution in [0.2, 0.25) is 0 Å². The summed E-state index contributed by atoms with van der Waals surface area (Å²) in [4.78, 5) is 33.1. The van der Waals surface area contributed by atoms with Crippen molar-refractivity contribution in [1.82, 2.24) is 9.80 Å². The first-order valence-corrected chi connectivity index (χ1v) is 15.4. The fourth-order valence-electron chi connectivity index (χ4n) is 8.85. The first-order valence-electron chi connectivity index (χ1n) is 15.4. The van der Waals surface area contributed by atoms with Crippen molar-refractivity contribution >= 4 is 11.9 Å². The fourth-order valence-corrected chi connectivity index (χ4v) is 8.85. The minimum atomic E-state index is -0.927. The van der Waals surface area contributed by atoms with Crippen molar-refractivity contribution in [1.29, 1.82) is 0 Å². The Hall–Kier alpha value is -2.70. The van der Waals surface area contributed by atoms with Crippen molar-refractivity contribution in [3.8, 4) is 0 Å². The predicted octanol–water partition coefficient (Wildman–Crippen LogP) is 5.19. The molecule has 7 rings (SSSR count). The molecule has 8 atom stereocenters. The van der Waals surface area contributed by atoms with Crippen LogP contribution in [0, 0.1) is 0 Å². The number of benzene rings is 2. The Morgan fingerprint density at radius 3 is 1.82 bits per heavy atom. The molecule has 2 aromatic rings. The van der Waals surface area contributed by atoms with Gasteiger partial charge in [0.15, 0.2) is 0 Å². The molecule has 212 valence electrons. The van der Waals surface area contributed by atoms with Crippen molar-refractivity contribution in [2.45, 2.75) is 112 Å². The summed E-state index contributed by atoms with van der Waals surface area (Å²) in [6, 6.07) is 20.1. The summed E-state index contributed by atoms with van der Waals surface area (Å²) in [5, 5.41) is 0. The van der Waals surface area contributed by atoms with Crippen LogP contribution in [0.3, 0.4) is 0 Å². The van der Waals surface area contributed by atoms with Gasteiger partial charge in [0.25, 0.3) is 0 Å². The van der Waals surface area contributed by atoms with Gasteiger partial charge >= 0.3 is 11.9 Å². The molecule has 4 saturated heterocycles. The van der Waals surface area contributed by atoms with E-state index in [0.717, 1.165) is 42.4 Å². The number of nitrogens with zero attached hydrogens (tertiary/aromatic N) is 2. The minimum Gasteiger partial charge on any atom is -0.462 e. The maximum absolute atomic E-state index is 14.4. The van der Waals surface area contributed by atoms with Gasteiger partial charge in [-0.15, -0.1) is 0 Å². The minimum absolute atomic E-state index is 0.0149. The topological polar surface area (TPSA) is 59.1 Å². The summed E-state index contributed by atoms with van der Waals surface area (Å²) in [5.41, 5.74) is 1.84. The van der Waals surface area contributed by atoms with Crippen LogP contribution < -0.4 is 0 Å². The molecule has 2 aromatic carbocycles. The Morgan fingerprint density at radius 1 is 0.700 bits per heavy atom. The largest absolute Gasteiger partial charge is 0.462 e. The third kappa shape index (κ3) is 4.30. The number of fused-ring (bicyclic) bond motifs is 5. The summed E-state index contributed by atoms with van der Waals surface area (Å²) >= 11 is 0. The summed E-state index contributed by atoms with van der Waals surface area (Å²) in [6.45, 7) is 0. The molecule has 4 aliphatic heterocycles. The van der Waals surface area contributed by atoms with Gasteiger partial charge in [-0.25, -0.2) is 0 Å². The van der Waals surface area contributed by atoms with E-state index in [1.54, 1.807) is 0 Å². The Balaban J connectivity index is 1.18. The first kappa shape index (κ1) is 26.2. The molecule has 4 fully saturated rings. The van der Waals surface area contributed by atoms with Gasteiger partial charge in [0.05, 0.1) is 5.92 Å². The quantitative estimate of drug-likeness (QED) is 0.485. The molecular formula is C34H42N2O4. The molecule has 0 spiro atoms. The van der Waals surface area contributed by atoms with E-state index < -0.39 is 5.41 Å². The Morgan fingerprint density at radius 2 is 1.23 bits per heavy atom. The molecule has 0 aromatic heterocycles. The van der Waals surface area contributed by atoms with Crippen LogP contribution in [0.5, 0.6) is 0 Å². The monoisotopic (exact) mass is 542 g/mol. The van der Waals surface area contributed by atoms with Gasteiger partial charge < -0.3 is 19.3 Å². The smallest absolute Gasteiger partial charge is 0.321 e. The number of hydrogen-bond acceptors (Lipinski definition) is 6. The molecule has 0 radical (unpaired) electrons. The van der Waals surface area contributed by atoms with Gasteiger partial charge in [0.2, 0.25) is 0 Å². The maximum Gasteiger partial charge on any atom is 0.321 e. The van der Waals surface area contributed by atoms with Crippen LogP contribution in [0.25, 0.3) is 0 Å². The second-order valence-electron chi connectivity index (χ2n) is 13.1. The number of carbonyl (C=O) groups excluding carboxylic acids is 2. The zero-order chi connectivity index (χ0) is 27.4. The van der Waals surface area contributed by atoms with Crippen molar-refractivity contribution in [3.05, 3.63) is 71.3 Å². The summed E-state index contributed by atoms with van der Waals surface area (Å²) in [5.74, 6) is -0.667. The van der Waals surface area contributed by atoms with E-state index in [1.807, 2.05) is 54.6 Å². The van der Waals surface area contributed by atoms with Gasteiger partial charge in [-0.3, -0.25) is 9.59 Å². The molecular weight excluding hydrogens is 500 g/mol. The van der Waals surface area contributed by atoms with Gasteiger partial charge in [-0.2, -0.15) is 0 Å². The third-order valence-electron chi connectivity index (χ3n) is 11.2. The number of esters is 2. The summed E-state index contributed by atoms with van der Waals surface area (Å²) < 4.78 is 12.7. The summed E-state index contributed by atoms with van der Waals surface area (Å²) in [7, 11) is 4.41. The zero-order valence-electron chi connectivity index (χ0n) is 23.8. The highest BCUT2D eigenvalue weighted by Gasteiger charge is 2.52. The van der Waals surface area contributed by atoms with Crippen LogP contribution in [0.15, 0.2) is 54.6 Å². The van der Waals surface area contributed by atoms with E-state index >= 15 is 0 Å². The average molecular weight is 543 g/mol. The SMILES string of the molecule is CN1[C@@H]2CC[C@H]1CC(OC(=O)C1CCC(C(=O)OC3C[C@H]4CC[C@@H](C3)N4C)(c3ccccc3)c3ccccc31)C2. The van der Waals surface area contributed by atoms with Crippen molar-refractivity contribution in [2.75, 3.05) is 14.1 Å². The number of ether oxygens (including phenoxy) is 2. The van der Waals surface area contributed by atoms with Gasteiger partial charge in [-0.05, 0) is 95.0 Å². The molecule has 40 heavy (non-hydrogen) atoms. The Kier molecular flexibility index (Phi) is 6.74. The lowest BCUT2D eigenvalue weighted by molar-refractivity contribution is -0.160. The molecule has 0 amide bonds. The lowest BCUT2D eigenvalue weighted by Gasteiger charge is -2.42. The van der Waals surface area contributed by atoms with Crippen molar-refractivity contribution in [2.24, 2.45) is 0 Å². The Bertz CT molecular complexity index is 1240. The van der Waals surface area contributed by atoms with E-state index in [1.165, 1.54) is 25.7 Å². The van der Waals surface area contributed by atoms with E-state index in [4.69, 9.17) is 9.47 Å². The van der Waals surface area contributed by atoms with E-state index in [-0.39, 0.29) is 30.1 Å². The van der Waals surface area contributed by atoms with Gasteiger partial charge in [0, 0.05) is 24.2 Å². The van der Waals surface area contributed by atoms with E-state index in [0.29, 0.717) is 37.0 Å². The standard InChI is InChI=1S/C34H42N2O4/c1-35-23-12-13-24(35)19-27(18-23)39-32(37)30-16-17-34(22-8-4-3-5-9-22,31-11-7-6-10-29(30)31)33(38)40-28-20-25-14-15-26(21-28)36(25)2/h3-11,23-28,30H,12-21H2,1-2H3/t23-,24+,25-,26+,27?,28?,30?,34?. The van der Waals surface area contributed by atoms with Crippen LogP contribution >= 0.6 is 0 Å². The van der Waals surface area contributed by atoms with E-state index in [9.17, 15) is 9.59 Å². The highest BCUT2D eigenvalue weighted by Crippen LogP contribution is 2.49. The second kappa shape index (κ2) is 10.3. The molecule has 0 saturated carbocycles. The summed E-state index contributed by atoms with van der Waals surface area (Å²) in [6.07, 6.45) is 9.44. The van der Waals surface area contributed by atoms with Crippen LogP contribution in [-0.4, -0.2) is 72.2 Å². The van der Waals surface area contributed by atoms with Crippen LogP contribution in [0.1, 0.15) is 86.8 Å². The maximum atomic E-state index is 14.4. The van der Waals surface area contributed by atoms with Gasteiger partial charge in [0.1, 0.15) is 17.6 Å². The first-order chi connectivity index (χ1) is 19.4. The molecule has 1 aliphatic carbocycles. The number of hydrogen-bond donors (Lipinski definition) is 0. The Labute approximate surface area is 238 Å². The number of rotatable bonds is 5. The van der Waals surface area contributed by atoms with Crippen molar-refractivity contribution < 1.29 is 19.1 Å². The lowest BCUT2D eigenvalue weighted by atomic mass is 9.63. The van der Waals surface area contributed by atoms with Crippen LogP contribution in [0.4, 0.5) is 0 Å². The molecule has 6 nitrogen and oxygen atoms in total. The third-order valence-corrected chi connectivity index (χ3v) is 11.2. The molecule has 4 heterocycles. The van der Waals surface area contributed by atoms with E-state index in [2.05, 4.69) is 23.9 Å². The zero-order valence-corrected chi connectivity index (χ0v) is 23.8. The lowest BCUT2D eigenvalue weighted by Crippen LogP contribution is -2.48. The molecule has 4 unspecified atom stereocenters. The van der Waals surface area contributed by atoms with Crippen molar-refractivity contribution in [3.63, 3.8) is 0 Å². The molecule has 4 bridgehead atoms. The fraction of sp³-hybridized carbons (Fsp3) is 0.588. The van der Waals surface area contributed by atoms with Crippen LogP contribution in [-0.2, 0) is 24.5 Å². The molecule has 5 aliphatic rings. The second-order valence-corrected chi connectivity index (χ2v) is 13.1. The number of piperidine rings is 2. The normalized spacial score (nSPS) is 37.1. The molecule has 0 N–H and O–H groups in total. The predicted molar refractivity (Wildman–Crippen MR) is 153 cm³/mol. The molecule has 6 heteroatoms. The highest BCUT2D eigenvalue weighted by molar-refractivity contribution is 5.91. The number of carbonyl (C=O) groups is 2.